The number of non-ortho nitro benzene ring substituents is 1. The van der Waals surface area contributed by atoms with E-state index in [0.29, 0.717) is 12.1 Å². The van der Waals surface area contributed by atoms with E-state index in [1.165, 1.54) is 34.6 Å². The molecular formula is C23H21N3O7S2. The number of rotatable bonds is 8. The molecular weight excluding hydrogens is 494 g/mol. The van der Waals surface area contributed by atoms with Crippen molar-refractivity contribution in [2.45, 2.75) is 23.1 Å². The Morgan fingerprint density at radius 3 is 2.54 bits per heavy atom. The number of carbonyl (C=O) groups excluding carboxylic acids is 2. The lowest BCUT2D eigenvalue weighted by Crippen LogP contribution is -2.41. The Kier molecular flexibility index (Phi) is 7.24. The molecule has 1 aliphatic rings. The second kappa shape index (κ2) is 10.3. The maximum Gasteiger partial charge on any atom is 0.308 e. The molecule has 0 fully saturated rings. The van der Waals surface area contributed by atoms with Gasteiger partial charge >= 0.3 is 5.97 Å². The van der Waals surface area contributed by atoms with Gasteiger partial charge in [-0.3, -0.25) is 19.7 Å². The van der Waals surface area contributed by atoms with Crippen LogP contribution < -0.4 is 5.32 Å². The molecule has 0 unspecified atom stereocenters. The van der Waals surface area contributed by atoms with Gasteiger partial charge in [-0.25, -0.2) is 8.42 Å². The highest BCUT2D eigenvalue weighted by molar-refractivity contribution is 7.91. The smallest absolute Gasteiger partial charge is 0.308 e. The highest BCUT2D eigenvalue weighted by Gasteiger charge is 2.38. The van der Waals surface area contributed by atoms with Crippen LogP contribution in [0.5, 0.6) is 0 Å². The third-order valence-electron chi connectivity index (χ3n) is 5.51. The van der Waals surface area contributed by atoms with E-state index >= 15 is 0 Å². The summed E-state index contributed by atoms with van der Waals surface area (Å²) in [4.78, 5) is 35.0. The van der Waals surface area contributed by atoms with Crippen LogP contribution in [0.3, 0.4) is 0 Å². The van der Waals surface area contributed by atoms with E-state index in [1.807, 2.05) is 12.1 Å². The summed E-state index contributed by atoms with van der Waals surface area (Å²) in [5, 5.41) is 14.9. The molecule has 0 aliphatic carbocycles. The third-order valence-corrected chi connectivity index (χ3v) is 8.79. The van der Waals surface area contributed by atoms with Gasteiger partial charge in [0.1, 0.15) is 4.21 Å². The fourth-order valence-electron chi connectivity index (χ4n) is 3.88. The van der Waals surface area contributed by atoms with Gasteiger partial charge in [0.05, 0.1) is 17.4 Å². The van der Waals surface area contributed by atoms with Gasteiger partial charge in [0, 0.05) is 24.4 Å². The topological polar surface area (TPSA) is 136 Å². The molecule has 1 amide bonds. The monoisotopic (exact) mass is 515 g/mol. The molecule has 0 saturated heterocycles. The largest absolute Gasteiger partial charge is 0.456 e. The lowest BCUT2D eigenvalue weighted by atomic mass is 9.92. The Hall–Kier alpha value is -3.61. The van der Waals surface area contributed by atoms with Crippen LogP contribution in [0.1, 0.15) is 23.6 Å². The van der Waals surface area contributed by atoms with Crippen LogP contribution in [-0.2, 0) is 30.8 Å². The Bertz CT molecular complexity index is 1340. The van der Waals surface area contributed by atoms with Gasteiger partial charge in [-0.05, 0) is 41.1 Å². The van der Waals surface area contributed by atoms with Gasteiger partial charge in [0.25, 0.3) is 21.6 Å². The molecule has 1 aliphatic heterocycles. The second-order valence-corrected chi connectivity index (χ2v) is 10.8. The molecule has 12 heteroatoms. The van der Waals surface area contributed by atoms with Crippen LogP contribution in [0.15, 0.2) is 70.3 Å². The van der Waals surface area contributed by atoms with Gasteiger partial charge in [-0.2, -0.15) is 4.31 Å². The molecule has 0 spiro atoms. The molecule has 2 heterocycles. The van der Waals surface area contributed by atoms with Crippen LogP contribution >= 0.6 is 11.3 Å². The summed E-state index contributed by atoms with van der Waals surface area (Å²) in [6, 6.07) is 15.0. The molecule has 1 aromatic heterocycles. The molecule has 0 bridgehead atoms. The number of nitrogens with zero attached hydrogens (tertiary/aromatic N) is 2. The Morgan fingerprint density at radius 2 is 1.86 bits per heavy atom. The molecule has 182 valence electrons. The number of thiophene rings is 1. The Morgan fingerprint density at radius 1 is 1.11 bits per heavy atom. The first-order chi connectivity index (χ1) is 16.8. The number of ether oxygens (including phenoxy) is 1. The standard InChI is InChI=1S/C23H21N3O7S2/c27-21(24-17-7-9-18(10-8-17)26(29)30)15-33-22(28)14-20-19-5-2-1-4-16(19)11-12-25(20)35(31,32)23-6-3-13-34-23/h1-10,13,20H,11-12,14-15H2,(H,24,27)/t20-/m0/s1. The number of nitro groups is 1. The molecule has 0 radical (unpaired) electrons. The summed E-state index contributed by atoms with van der Waals surface area (Å²) in [7, 11) is -3.82. The average molecular weight is 516 g/mol. The van der Waals surface area contributed by atoms with Crippen molar-refractivity contribution in [1.82, 2.24) is 4.31 Å². The number of nitro benzene ring substituents is 1. The molecule has 35 heavy (non-hydrogen) atoms. The van der Waals surface area contributed by atoms with Crippen LogP contribution in [0.25, 0.3) is 0 Å². The zero-order chi connectivity index (χ0) is 25.0. The highest BCUT2D eigenvalue weighted by Crippen LogP contribution is 2.37. The SMILES string of the molecule is O=C(COC(=O)C[C@H]1c2ccccc2CCN1S(=O)(=O)c1cccs1)Nc1ccc([N+](=O)[O-])cc1. The number of benzene rings is 2. The number of anilines is 1. The van der Waals surface area contributed by atoms with Gasteiger partial charge < -0.3 is 10.1 Å². The predicted octanol–water partition coefficient (Wildman–Crippen LogP) is 3.52. The summed E-state index contributed by atoms with van der Waals surface area (Å²) in [5.41, 5.74) is 1.88. The fraction of sp³-hybridized carbons (Fsp3) is 0.217. The van der Waals surface area contributed by atoms with E-state index in [9.17, 15) is 28.1 Å². The van der Waals surface area contributed by atoms with Crippen LogP contribution in [0, 0.1) is 10.1 Å². The van der Waals surface area contributed by atoms with Crippen LogP contribution in [0.4, 0.5) is 11.4 Å². The first-order valence-electron chi connectivity index (χ1n) is 10.6. The maximum absolute atomic E-state index is 13.3. The number of nitrogens with one attached hydrogen (secondary N) is 1. The Balaban J connectivity index is 1.44. The minimum absolute atomic E-state index is 0.121. The van der Waals surface area contributed by atoms with E-state index in [0.717, 1.165) is 22.5 Å². The summed E-state index contributed by atoms with van der Waals surface area (Å²) >= 11 is 1.11. The van der Waals surface area contributed by atoms with Crippen molar-refractivity contribution in [2.75, 3.05) is 18.5 Å². The van der Waals surface area contributed by atoms with E-state index in [1.54, 1.807) is 23.6 Å². The zero-order valence-electron chi connectivity index (χ0n) is 18.3. The van der Waals surface area contributed by atoms with Gasteiger partial charge in [-0.15, -0.1) is 11.3 Å². The molecule has 1 atom stereocenters. The summed E-state index contributed by atoms with van der Waals surface area (Å²) in [5.74, 6) is -1.35. The molecule has 2 aromatic carbocycles. The number of sulfonamides is 1. The average Bonchev–Trinajstić information content (AvgIpc) is 3.39. The number of esters is 1. The van der Waals surface area contributed by atoms with E-state index in [2.05, 4.69) is 5.32 Å². The van der Waals surface area contributed by atoms with Crippen molar-refractivity contribution < 1.29 is 27.7 Å². The van der Waals surface area contributed by atoms with Crippen molar-refractivity contribution in [3.05, 3.63) is 87.3 Å². The highest BCUT2D eigenvalue weighted by atomic mass is 32.2. The minimum Gasteiger partial charge on any atom is -0.456 e. The minimum atomic E-state index is -3.82. The van der Waals surface area contributed by atoms with Crippen LogP contribution in [-0.4, -0.2) is 42.7 Å². The fourth-order valence-corrected chi connectivity index (χ4v) is 6.61. The lowest BCUT2D eigenvalue weighted by molar-refractivity contribution is -0.384. The number of hydrogen-bond acceptors (Lipinski definition) is 8. The van der Waals surface area contributed by atoms with Crippen LogP contribution in [0.2, 0.25) is 0 Å². The summed E-state index contributed by atoms with van der Waals surface area (Å²) < 4.78 is 33.2. The van der Waals surface area contributed by atoms with Gasteiger partial charge in [-0.1, -0.05) is 30.3 Å². The zero-order valence-corrected chi connectivity index (χ0v) is 20.0. The summed E-state index contributed by atoms with van der Waals surface area (Å²) in [6.45, 7) is -0.363. The normalized spacial score (nSPS) is 15.7. The van der Waals surface area contributed by atoms with Crippen molar-refractivity contribution >= 4 is 44.6 Å². The molecule has 3 aromatic rings. The number of carbonyl (C=O) groups is 2. The second-order valence-electron chi connectivity index (χ2n) is 7.73. The van der Waals surface area contributed by atoms with E-state index in [-0.39, 0.29) is 22.9 Å². The maximum atomic E-state index is 13.3. The molecule has 4 rings (SSSR count). The lowest BCUT2D eigenvalue weighted by Gasteiger charge is -2.35. The van der Waals surface area contributed by atoms with Gasteiger partial charge in [0.2, 0.25) is 0 Å². The number of amides is 1. The number of hydrogen-bond donors (Lipinski definition) is 1. The molecule has 10 nitrogen and oxygen atoms in total. The predicted molar refractivity (Wildman–Crippen MR) is 128 cm³/mol. The van der Waals surface area contributed by atoms with Crippen molar-refractivity contribution in [1.29, 1.82) is 0 Å². The third kappa shape index (κ3) is 5.56. The first-order valence-corrected chi connectivity index (χ1v) is 12.9. The Labute approximate surface area is 205 Å². The first kappa shape index (κ1) is 24.5. The quantitative estimate of drug-likeness (QED) is 0.275. The molecule has 0 saturated carbocycles. The number of fused-ring (bicyclic) bond motifs is 1. The van der Waals surface area contributed by atoms with Crippen molar-refractivity contribution in [3.63, 3.8) is 0 Å². The van der Waals surface area contributed by atoms with Gasteiger partial charge in [0.15, 0.2) is 6.61 Å². The van der Waals surface area contributed by atoms with E-state index in [4.69, 9.17) is 4.74 Å². The summed E-state index contributed by atoms with van der Waals surface area (Å²) in [6.07, 6.45) is 0.260. The van der Waals surface area contributed by atoms with E-state index < -0.39 is 39.5 Å². The van der Waals surface area contributed by atoms with Crippen molar-refractivity contribution in [2.24, 2.45) is 0 Å². The molecule has 1 N–H and O–H groups in total. The van der Waals surface area contributed by atoms with Crippen molar-refractivity contribution in [3.8, 4) is 0 Å².